The van der Waals surface area contributed by atoms with Crippen molar-refractivity contribution in [1.29, 1.82) is 0 Å². The molecule has 0 saturated carbocycles. The van der Waals surface area contributed by atoms with Gasteiger partial charge in [0.1, 0.15) is 0 Å². The molecule has 19 heavy (non-hydrogen) atoms. The fourth-order valence-corrected chi connectivity index (χ4v) is 2.17. The molecule has 0 bridgehead atoms. The fraction of sp³-hybridized carbons (Fsp3) is 0.500. The minimum Gasteiger partial charge on any atom is -0.376 e. The van der Waals surface area contributed by atoms with Gasteiger partial charge in [-0.05, 0) is 25.3 Å². The Hall–Kier alpha value is -1.10. The van der Waals surface area contributed by atoms with E-state index in [-0.39, 0.29) is 30.5 Å². The van der Waals surface area contributed by atoms with Crippen molar-refractivity contribution in [3.63, 3.8) is 0 Å². The molecule has 3 N–H and O–H groups in total. The van der Waals surface area contributed by atoms with Crippen molar-refractivity contribution in [2.75, 3.05) is 6.61 Å². The van der Waals surface area contributed by atoms with Crippen LogP contribution in [0.25, 0.3) is 0 Å². The summed E-state index contributed by atoms with van der Waals surface area (Å²) in [6, 6.07) is 9.41. The second-order valence-electron chi connectivity index (χ2n) is 4.78. The fourth-order valence-electron chi connectivity index (χ4n) is 2.17. The summed E-state index contributed by atoms with van der Waals surface area (Å²) in [4.78, 5) is 12.0. The van der Waals surface area contributed by atoms with Crippen LogP contribution in [0.3, 0.4) is 0 Å². The molecule has 0 radical (unpaired) electrons. The zero-order chi connectivity index (χ0) is 13.0. The maximum absolute atomic E-state index is 12.0. The third kappa shape index (κ3) is 4.49. The molecule has 2 rings (SSSR count). The monoisotopic (exact) mass is 284 g/mol. The number of carbonyl (C=O) groups is 1. The van der Waals surface area contributed by atoms with Gasteiger partial charge in [0.05, 0.1) is 18.2 Å². The molecule has 1 aromatic carbocycles. The second-order valence-corrected chi connectivity index (χ2v) is 4.78. The average molecular weight is 285 g/mol. The summed E-state index contributed by atoms with van der Waals surface area (Å²) in [6.45, 7) is 2.68. The number of rotatable bonds is 4. The van der Waals surface area contributed by atoms with Crippen LogP contribution >= 0.6 is 12.4 Å². The van der Waals surface area contributed by atoms with Crippen LogP contribution in [0.5, 0.6) is 0 Å². The third-order valence-electron chi connectivity index (χ3n) is 3.34. The Bertz CT molecular complexity index is 400. The Morgan fingerprint density at radius 1 is 1.47 bits per heavy atom. The molecular weight excluding hydrogens is 264 g/mol. The number of benzene rings is 1. The molecule has 1 amide bonds. The Balaban J connectivity index is 0.00000180. The van der Waals surface area contributed by atoms with Gasteiger partial charge in [-0.3, -0.25) is 4.79 Å². The maximum atomic E-state index is 12.0. The van der Waals surface area contributed by atoms with Gasteiger partial charge in [0.2, 0.25) is 5.91 Å². The van der Waals surface area contributed by atoms with Gasteiger partial charge in [-0.25, -0.2) is 0 Å². The smallest absolute Gasteiger partial charge is 0.237 e. The van der Waals surface area contributed by atoms with Crippen LogP contribution in [0.15, 0.2) is 30.3 Å². The van der Waals surface area contributed by atoms with Crippen molar-refractivity contribution >= 4 is 18.3 Å². The lowest BCUT2D eigenvalue weighted by atomic mass is 10.1. The van der Waals surface area contributed by atoms with Crippen LogP contribution in [0.4, 0.5) is 0 Å². The highest BCUT2D eigenvalue weighted by atomic mass is 35.5. The van der Waals surface area contributed by atoms with Crippen molar-refractivity contribution in [1.82, 2.24) is 5.32 Å². The van der Waals surface area contributed by atoms with Gasteiger partial charge < -0.3 is 15.8 Å². The first-order chi connectivity index (χ1) is 8.66. The van der Waals surface area contributed by atoms with E-state index in [4.69, 9.17) is 10.5 Å². The molecule has 0 spiro atoms. The highest BCUT2D eigenvalue weighted by molar-refractivity contribution is 5.85. The maximum Gasteiger partial charge on any atom is 0.237 e. The van der Waals surface area contributed by atoms with Crippen molar-refractivity contribution < 1.29 is 9.53 Å². The molecule has 1 aliphatic rings. The van der Waals surface area contributed by atoms with Crippen molar-refractivity contribution in [3.05, 3.63) is 35.9 Å². The lowest BCUT2D eigenvalue weighted by Gasteiger charge is -2.19. The number of ether oxygens (including phenoxy) is 1. The number of hydrogen-bond acceptors (Lipinski definition) is 3. The largest absolute Gasteiger partial charge is 0.376 e. The minimum absolute atomic E-state index is 0. The lowest BCUT2D eigenvalue weighted by molar-refractivity contribution is -0.123. The molecule has 1 aromatic rings. The molecule has 4 nitrogen and oxygen atoms in total. The predicted molar refractivity (Wildman–Crippen MR) is 77.3 cm³/mol. The van der Waals surface area contributed by atoms with Gasteiger partial charge in [-0.15, -0.1) is 12.4 Å². The lowest BCUT2D eigenvalue weighted by Crippen LogP contribution is -2.48. The summed E-state index contributed by atoms with van der Waals surface area (Å²) in [7, 11) is 0. The van der Waals surface area contributed by atoms with E-state index < -0.39 is 6.04 Å². The number of hydrogen-bond donors (Lipinski definition) is 2. The molecule has 3 unspecified atom stereocenters. The molecule has 1 saturated heterocycles. The number of amides is 1. The highest BCUT2D eigenvalue weighted by Gasteiger charge is 2.27. The first-order valence-corrected chi connectivity index (χ1v) is 6.38. The topological polar surface area (TPSA) is 64.3 Å². The van der Waals surface area contributed by atoms with E-state index in [9.17, 15) is 4.79 Å². The molecule has 1 aliphatic heterocycles. The van der Waals surface area contributed by atoms with Gasteiger partial charge in [-0.2, -0.15) is 0 Å². The van der Waals surface area contributed by atoms with Crippen LogP contribution in [-0.2, 0) is 16.0 Å². The number of nitrogens with one attached hydrogen (secondary N) is 1. The van der Waals surface area contributed by atoms with Crippen LogP contribution in [0.2, 0.25) is 0 Å². The molecular formula is C14H21ClN2O2. The van der Waals surface area contributed by atoms with Gasteiger partial charge >= 0.3 is 0 Å². The molecule has 3 atom stereocenters. The van der Waals surface area contributed by atoms with Crippen LogP contribution in [0.1, 0.15) is 18.9 Å². The van der Waals surface area contributed by atoms with Gasteiger partial charge in [0.25, 0.3) is 0 Å². The summed E-state index contributed by atoms with van der Waals surface area (Å²) < 4.78 is 5.41. The first kappa shape index (κ1) is 16.0. The normalized spacial score (nSPS) is 23.5. The Kier molecular flexibility index (Phi) is 6.28. The Morgan fingerprint density at radius 3 is 2.74 bits per heavy atom. The zero-order valence-electron chi connectivity index (χ0n) is 11.0. The van der Waals surface area contributed by atoms with Gasteiger partial charge in [0, 0.05) is 6.61 Å². The third-order valence-corrected chi connectivity index (χ3v) is 3.34. The van der Waals surface area contributed by atoms with E-state index in [2.05, 4.69) is 5.32 Å². The van der Waals surface area contributed by atoms with E-state index in [1.807, 2.05) is 37.3 Å². The Labute approximate surface area is 120 Å². The SMILES string of the molecule is CC1OCCC1NC(=O)C(N)Cc1ccccc1.Cl. The second kappa shape index (κ2) is 7.48. The summed E-state index contributed by atoms with van der Waals surface area (Å²) in [5.74, 6) is -0.0961. The van der Waals surface area contributed by atoms with Crippen molar-refractivity contribution in [3.8, 4) is 0 Å². The Morgan fingerprint density at radius 2 is 2.16 bits per heavy atom. The summed E-state index contributed by atoms with van der Waals surface area (Å²) >= 11 is 0. The molecule has 106 valence electrons. The predicted octanol–water partition coefficient (Wildman–Crippen LogP) is 1.27. The van der Waals surface area contributed by atoms with Crippen LogP contribution in [-0.4, -0.2) is 30.7 Å². The van der Waals surface area contributed by atoms with E-state index >= 15 is 0 Å². The zero-order valence-corrected chi connectivity index (χ0v) is 11.9. The van der Waals surface area contributed by atoms with E-state index in [1.54, 1.807) is 0 Å². The van der Waals surface area contributed by atoms with E-state index in [0.717, 1.165) is 12.0 Å². The molecule has 0 aliphatic carbocycles. The number of halogens is 1. The summed E-state index contributed by atoms with van der Waals surface area (Å²) in [5, 5.41) is 2.96. The summed E-state index contributed by atoms with van der Waals surface area (Å²) in [6.07, 6.45) is 1.51. The first-order valence-electron chi connectivity index (χ1n) is 6.38. The number of carbonyl (C=O) groups excluding carboxylic acids is 1. The minimum atomic E-state index is -0.500. The van der Waals surface area contributed by atoms with Gasteiger partial charge in [0.15, 0.2) is 0 Å². The number of nitrogens with two attached hydrogens (primary N) is 1. The average Bonchev–Trinajstić information content (AvgIpc) is 2.76. The molecule has 0 aromatic heterocycles. The van der Waals surface area contributed by atoms with E-state index in [0.29, 0.717) is 13.0 Å². The molecule has 1 heterocycles. The van der Waals surface area contributed by atoms with Crippen LogP contribution in [0, 0.1) is 0 Å². The molecule has 1 fully saturated rings. The van der Waals surface area contributed by atoms with E-state index in [1.165, 1.54) is 0 Å². The molecule has 5 heteroatoms. The quantitative estimate of drug-likeness (QED) is 0.875. The van der Waals surface area contributed by atoms with Crippen molar-refractivity contribution in [2.24, 2.45) is 5.73 Å². The highest BCUT2D eigenvalue weighted by Crippen LogP contribution is 2.12. The van der Waals surface area contributed by atoms with Gasteiger partial charge in [-0.1, -0.05) is 30.3 Å². The standard InChI is InChI=1S/C14H20N2O2.ClH/c1-10-13(7-8-18-10)16-14(17)12(15)9-11-5-3-2-4-6-11;/h2-6,10,12-13H,7-9,15H2,1H3,(H,16,17);1H. The van der Waals surface area contributed by atoms with Crippen molar-refractivity contribution in [2.45, 2.75) is 38.0 Å². The van der Waals surface area contributed by atoms with Crippen LogP contribution < -0.4 is 11.1 Å². The summed E-state index contributed by atoms with van der Waals surface area (Å²) in [5.41, 5.74) is 7.00.